The third-order valence-corrected chi connectivity index (χ3v) is 6.81. The summed E-state index contributed by atoms with van der Waals surface area (Å²) >= 11 is 1.53. The number of β-lactam (4-membered cyclic amide) rings is 1. The van der Waals surface area contributed by atoms with Gasteiger partial charge >= 0.3 is 5.97 Å². The van der Waals surface area contributed by atoms with Crippen molar-refractivity contribution in [3.8, 4) is 0 Å². The van der Waals surface area contributed by atoms with Gasteiger partial charge in [-0.15, -0.1) is 11.8 Å². The first kappa shape index (κ1) is 19.7. The highest BCUT2D eigenvalue weighted by molar-refractivity contribution is 8.00. The summed E-state index contributed by atoms with van der Waals surface area (Å²) in [5, 5.41) is 9.69. The summed E-state index contributed by atoms with van der Waals surface area (Å²) in [7, 11) is 0. The molecule has 2 heterocycles. The molecule has 1 N–H and O–H groups in total. The minimum absolute atomic E-state index is 0.225. The number of aliphatic hydroxyl groups is 1. The molecule has 4 atom stereocenters. The maximum absolute atomic E-state index is 13.2. The zero-order chi connectivity index (χ0) is 20.5. The van der Waals surface area contributed by atoms with Crippen molar-refractivity contribution >= 4 is 23.6 Å². The Bertz CT molecular complexity index is 875. The van der Waals surface area contributed by atoms with Crippen LogP contribution < -0.4 is 0 Å². The van der Waals surface area contributed by atoms with E-state index in [1.54, 1.807) is 6.92 Å². The number of carbonyl (C=O) groups is 2. The van der Waals surface area contributed by atoms with Crippen molar-refractivity contribution in [1.29, 1.82) is 0 Å². The van der Waals surface area contributed by atoms with Crippen LogP contribution in [0.3, 0.4) is 0 Å². The molecule has 0 bridgehead atoms. The Hall–Kier alpha value is -2.57. The smallest absolute Gasteiger partial charge is 0.334 e. The SMILES string of the molecule is C=C1CS[C@@H]2C(C(C)O)C(=O)N2C1C(=O)OC(c1ccccc1)c1ccccc1. The molecule has 0 saturated carbocycles. The Kier molecular flexibility index (Phi) is 5.48. The van der Waals surface area contributed by atoms with Crippen LogP contribution >= 0.6 is 11.8 Å². The van der Waals surface area contributed by atoms with E-state index in [4.69, 9.17) is 4.74 Å². The molecule has 2 aliphatic rings. The van der Waals surface area contributed by atoms with Gasteiger partial charge in [0.2, 0.25) is 5.91 Å². The molecule has 2 aromatic rings. The Balaban J connectivity index is 1.61. The standard InChI is InChI=1S/C23H23NO4S/c1-14-13-29-22-18(15(2)25)21(26)24(22)19(14)23(27)28-20(16-9-5-3-6-10-16)17-11-7-4-8-12-17/h3-12,15,18-20,22,25H,1,13H2,2H3/t15?,18?,19?,22-/m1/s1. The van der Waals surface area contributed by atoms with Crippen molar-refractivity contribution < 1.29 is 19.4 Å². The van der Waals surface area contributed by atoms with Crippen molar-refractivity contribution in [1.82, 2.24) is 4.90 Å². The Morgan fingerprint density at radius 2 is 1.69 bits per heavy atom. The third kappa shape index (κ3) is 3.58. The molecule has 0 aliphatic carbocycles. The highest BCUT2D eigenvalue weighted by Crippen LogP contribution is 2.45. The van der Waals surface area contributed by atoms with E-state index < -0.39 is 30.1 Å². The van der Waals surface area contributed by atoms with Gasteiger partial charge in [-0.2, -0.15) is 0 Å². The number of thioether (sulfide) groups is 1. The number of amides is 1. The number of esters is 1. The second-order valence-corrected chi connectivity index (χ2v) is 8.52. The first-order valence-corrected chi connectivity index (χ1v) is 10.6. The van der Waals surface area contributed by atoms with E-state index in [9.17, 15) is 14.7 Å². The molecule has 3 unspecified atom stereocenters. The normalized spacial score (nSPS) is 24.7. The zero-order valence-electron chi connectivity index (χ0n) is 16.1. The van der Waals surface area contributed by atoms with Crippen LogP contribution in [0.5, 0.6) is 0 Å². The van der Waals surface area contributed by atoms with Crippen LogP contribution in [0.15, 0.2) is 72.8 Å². The minimum atomic E-state index is -0.821. The van der Waals surface area contributed by atoms with Gasteiger partial charge in [0.05, 0.1) is 17.4 Å². The van der Waals surface area contributed by atoms with E-state index in [0.717, 1.165) is 11.1 Å². The molecule has 2 aromatic carbocycles. The van der Waals surface area contributed by atoms with Crippen molar-refractivity contribution in [2.24, 2.45) is 5.92 Å². The van der Waals surface area contributed by atoms with Gasteiger partial charge in [-0.3, -0.25) is 4.79 Å². The molecule has 1 amide bonds. The van der Waals surface area contributed by atoms with Crippen LogP contribution in [0.1, 0.15) is 24.2 Å². The lowest BCUT2D eigenvalue weighted by Crippen LogP contribution is -2.69. The molecular weight excluding hydrogens is 386 g/mol. The van der Waals surface area contributed by atoms with Crippen LogP contribution in [-0.4, -0.2) is 45.2 Å². The fourth-order valence-corrected chi connectivity index (χ4v) is 5.41. The lowest BCUT2D eigenvalue weighted by Gasteiger charge is -2.53. The Morgan fingerprint density at radius 1 is 1.14 bits per heavy atom. The van der Waals surface area contributed by atoms with E-state index in [0.29, 0.717) is 11.3 Å². The average Bonchev–Trinajstić information content (AvgIpc) is 2.73. The molecule has 2 fully saturated rings. The number of aliphatic hydroxyl groups excluding tert-OH is 1. The second kappa shape index (κ2) is 8.05. The molecule has 0 aromatic heterocycles. The number of nitrogens with zero attached hydrogens (tertiary/aromatic N) is 1. The van der Waals surface area contributed by atoms with Gasteiger partial charge in [-0.05, 0) is 23.6 Å². The van der Waals surface area contributed by atoms with Gasteiger partial charge in [0.15, 0.2) is 12.1 Å². The maximum atomic E-state index is 13.2. The molecular formula is C23H23NO4S. The fraction of sp³-hybridized carbons (Fsp3) is 0.304. The van der Waals surface area contributed by atoms with Gasteiger partial charge in [0.25, 0.3) is 0 Å². The summed E-state index contributed by atoms with van der Waals surface area (Å²) in [4.78, 5) is 27.4. The Morgan fingerprint density at radius 3 is 2.21 bits per heavy atom. The summed E-state index contributed by atoms with van der Waals surface area (Å²) in [5.74, 6) is -0.646. The second-order valence-electron chi connectivity index (χ2n) is 7.41. The van der Waals surface area contributed by atoms with Crippen LogP contribution in [0.4, 0.5) is 0 Å². The predicted molar refractivity (Wildman–Crippen MR) is 112 cm³/mol. The molecule has 5 nitrogen and oxygen atoms in total. The summed E-state index contributed by atoms with van der Waals surface area (Å²) in [6.07, 6.45) is -1.32. The summed E-state index contributed by atoms with van der Waals surface area (Å²) in [6, 6.07) is 18.3. The third-order valence-electron chi connectivity index (χ3n) is 5.41. The quantitative estimate of drug-likeness (QED) is 0.467. The summed E-state index contributed by atoms with van der Waals surface area (Å²) in [5.41, 5.74) is 2.36. The highest BCUT2D eigenvalue weighted by atomic mass is 32.2. The largest absolute Gasteiger partial charge is 0.451 e. The van der Waals surface area contributed by atoms with Crippen molar-refractivity contribution in [3.63, 3.8) is 0 Å². The van der Waals surface area contributed by atoms with Crippen molar-refractivity contribution in [2.75, 3.05) is 5.75 Å². The van der Waals surface area contributed by atoms with E-state index in [-0.39, 0.29) is 11.3 Å². The fourth-order valence-electron chi connectivity index (χ4n) is 3.93. The monoisotopic (exact) mass is 409 g/mol. The van der Waals surface area contributed by atoms with Crippen LogP contribution in [0.2, 0.25) is 0 Å². The molecule has 4 rings (SSSR count). The van der Waals surface area contributed by atoms with Crippen molar-refractivity contribution in [3.05, 3.63) is 83.9 Å². The van der Waals surface area contributed by atoms with E-state index in [1.165, 1.54) is 16.7 Å². The number of carbonyl (C=O) groups excluding carboxylic acids is 2. The lowest BCUT2D eigenvalue weighted by molar-refractivity contribution is -0.172. The van der Waals surface area contributed by atoms with E-state index >= 15 is 0 Å². The number of hydrogen-bond acceptors (Lipinski definition) is 5. The maximum Gasteiger partial charge on any atom is 0.334 e. The number of fused-ring (bicyclic) bond motifs is 1. The molecule has 6 heteroatoms. The number of benzene rings is 2. The highest BCUT2D eigenvalue weighted by Gasteiger charge is 2.57. The van der Waals surface area contributed by atoms with Crippen molar-refractivity contribution in [2.45, 2.75) is 30.5 Å². The molecule has 29 heavy (non-hydrogen) atoms. The predicted octanol–water partition coefficient (Wildman–Crippen LogP) is 3.16. The van der Waals surface area contributed by atoms with E-state index in [2.05, 4.69) is 6.58 Å². The topological polar surface area (TPSA) is 66.8 Å². The molecule has 0 spiro atoms. The van der Waals surface area contributed by atoms with Gasteiger partial charge < -0.3 is 14.7 Å². The van der Waals surface area contributed by atoms with Crippen LogP contribution in [0, 0.1) is 5.92 Å². The Labute approximate surface area is 174 Å². The first-order chi connectivity index (χ1) is 14.0. The zero-order valence-corrected chi connectivity index (χ0v) is 16.9. The first-order valence-electron chi connectivity index (χ1n) is 9.59. The number of ether oxygens (including phenoxy) is 1. The summed E-state index contributed by atoms with van der Waals surface area (Å²) < 4.78 is 5.96. The van der Waals surface area contributed by atoms with Crippen LogP contribution in [0.25, 0.3) is 0 Å². The van der Waals surface area contributed by atoms with Gasteiger partial charge in [-0.25, -0.2) is 4.79 Å². The van der Waals surface area contributed by atoms with Gasteiger partial charge in [0.1, 0.15) is 0 Å². The lowest BCUT2D eigenvalue weighted by atomic mass is 9.89. The molecule has 150 valence electrons. The number of rotatable bonds is 5. The van der Waals surface area contributed by atoms with Gasteiger partial charge in [-0.1, -0.05) is 67.2 Å². The molecule has 2 saturated heterocycles. The molecule has 0 radical (unpaired) electrons. The average molecular weight is 410 g/mol. The minimum Gasteiger partial charge on any atom is -0.451 e. The number of hydrogen-bond donors (Lipinski definition) is 1. The summed E-state index contributed by atoms with van der Waals surface area (Å²) in [6.45, 7) is 5.62. The molecule has 2 aliphatic heterocycles. The van der Waals surface area contributed by atoms with Gasteiger partial charge in [0, 0.05) is 5.75 Å². The van der Waals surface area contributed by atoms with E-state index in [1.807, 2.05) is 60.7 Å². The van der Waals surface area contributed by atoms with Crippen LogP contribution in [-0.2, 0) is 14.3 Å².